The zero-order valence-electron chi connectivity index (χ0n) is 16.1. The fourth-order valence-corrected chi connectivity index (χ4v) is 3.96. The first-order valence-electron chi connectivity index (χ1n) is 9.58. The van der Waals surface area contributed by atoms with Gasteiger partial charge in [0.05, 0.1) is 17.8 Å². The number of benzene rings is 2. The summed E-state index contributed by atoms with van der Waals surface area (Å²) >= 11 is 0. The van der Waals surface area contributed by atoms with Crippen LogP contribution >= 0.6 is 0 Å². The number of aryl methyl sites for hydroxylation is 1. The molecular weight excluding hydrogens is 376 g/mol. The highest BCUT2D eigenvalue weighted by atomic mass is 16.7. The van der Waals surface area contributed by atoms with Gasteiger partial charge in [-0.15, -0.1) is 0 Å². The van der Waals surface area contributed by atoms with Crippen LogP contribution in [0.2, 0.25) is 0 Å². The fraction of sp³-hybridized carbons (Fsp3) is 0.364. The average Bonchev–Trinajstić information content (AvgIpc) is 2.69. The van der Waals surface area contributed by atoms with Crippen LogP contribution in [-0.2, 0) is 11.2 Å². The molecule has 0 radical (unpaired) electrons. The maximum atomic E-state index is 13.0. The van der Waals surface area contributed by atoms with Crippen LogP contribution < -0.4 is 4.74 Å². The summed E-state index contributed by atoms with van der Waals surface area (Å²) in [6.07, 6.45) is -2.82. The number of rotatable bonds is 3. The summed E-state index contributed by atoms with van der Waals surface area (Å²) in [5.41, 5.74) is 1.28. The Morgan fingerprint density at radius 2 is 1.86 bits per heavy atom. The first kappa shape index (κ1) is 19.6. The number of aliphatic hydroxyl groups is 2. The SMILES string of the molecule is CCc1cc(OC2CC(O)C(O)C(C)O2)cc2c1C(=O)c1c(O)cccc1C2=O. The van der Waals surface area contributed by atoms with Crippen molar-refractivity contribution in [3.63, 3.8) is 0 Å². The Morgan fingerprint density at radius 1 is 1.10 bits per heavy atom. The van der Waals surface area contributed by atoms with Crippen LogP contribution in [0.15, 0.2) is 30.3 Å². The third-order valence-electron chi connectivity index (χ3n) is 5.50. The number of aromatic hydroxyl groups is 1. The van der Waals surface area contributed by atoms with Crippen molar-refractivity contribution >= 4 is 11.6 Å². The second-order valence-electron chi connectivity index (χ2n) is 7.40. The summed E-state index contributed by atoms with van der Waals surface area (Å²) in [6.45, 7) is 3.50. The highest BCUT2D eigenvalue weighted by molar-refractivity contribution is 6.29. The number of carbonyl (C=O) groups is 2. The Hall–Kier alpha value is -2.74. The van der Waals surface area contributed by atoms with Gasteiger partial charge in [0.15, 0.2) is 11.6 Å². The molecule has 2 aromatic carbocycles. The summed E-state index contributed by atoms with van der Waals surface area (Å²) in [6, 6.07) is 7.59. The van der Waals surface area contributed by atoms with E-state index < -0.39 is 30.4 Å². The molecular formula is C22H22O7. The Bertz CT molecular complexity index is 985. The first-order chi connectivity index (χ1) is 13.8. The Balaban J connectivity index is 1.73. The molecule has 29 heavy (non-hydrogen) atoms. The summed E-state index contributed by atoms with van der Waals surface area (Å²) in [7, 11) is 0. The van der Waals surface area contributed by atoms with E-state index in [2.05, 4.69) is 0 Å². The van der Waals surface area contributed by atoms with Gasteiger partial charge < -0.3 is 24.8 Å². The molecule has 4 unspecified atom stereocenters. The lowest BCUT2D eigenvalue weighted by molar-refractivity contribution is -0.216. The van der Waals surface area contributed by atoms with Crippen molar-refractivity contribution in [2.45, 2.75) is 51.3 Å². The number of hydrogen-bond donors (Lipinski definition) is 3. The van der Waals surface area contributed by atoms with Crippen molar-refractivity contribution in [1.82, 2.24) is 0 Å². The lowest BCUT2D eigenvalue weighted by Crippen LogP contribution is -2.48. The average molecular weight is 398 g/mol. The van der Waals surface area contributed by atoms with E-state index in [0.29, 0.717) is 17.7 Å². The second-order valence-corrected chi connectivity index (χ2v) is 7.40. The predicted octanol–water partition coefficient (Wildman–Crippen LogP) is 1.97. The highest BCUT2D eigenvalue weighted by Gasteiger charge is 2.37. The predicted molar refractivity (Wildman–Crippen MR) is 102 cm³/mol. The zero-order chi connectivity index (χ0) is 20.9. The minimum absolute atomic E-state index is 0.0231. The van der Waals surface area contributed by atoms with Crippen LogP contribution in [0.25, 0.3) is 0 Å². The standard InChI is InChI=1S/C22H22O7/c1-3-11-7-12(29-17-9-16(24)20(25)10(2)28-17)8-14-18(11)22(27)19-13(21(14)26)5-4-6-15(19)23/h4-8,10,16-17,20,23-25H,3,9H2,1-2H3. The molecule has 1 heterocycles. The molecule has 0 spiro atoms. The third kappa shape index (κ3) is 3.21. The molecule has 2 aromatic rings. The molecule has 152 valence electrons. The van der Waals surface area contributed by atoms with Gasteiger partial charge in [0, 0.05) is 23.1 Å². The monoisotopic (exact) mass is 398 g/mol. The Kier molecular flexibility index (Phi) is 4.90. The van der Waals surface area contributed by atoms with E-state index in [4.69, 9.17) is 9.47 Å². The normalized spacial score (nSPS) is 26.1. The maximum Gasteiger partial charge on any atom is 0.202 e. The third-order valence-corrected chi connectivity index (χ3v) is 5.50. The van der Waals surface area contributed by atoms with Crippen LogP contribution in [0.5, 0.6) is 11.5 Å². The topological polar surface area (TPSA) is 113 Å². The van der Waals surface area contributed by atoms with Gasteiger partial charge in [-0.2, -0.15) is 0 Å². The van der Waals surface area contributed by atoms with Gasteiger partial charge >= 0.3 is 0 Å². The van der Waals surface area contributed by atoms with E-state index in [1.807, 2.05) is 6.92 Å². The van der Waals surface area contributed by atoms with Crippen LogP contribution in [0.4, 0.5) is 0 Å². The number of ether oxygens (including phenoxy) is 2. The summed E-state index contributed by atoms with van der Waals surface area (Å²) in [5, 5.41) is 29.9. The Labute approximate surface area is 167 Å². The molecule has 7 heteroatoms. The number of aliphatic hydroxyl groups excluding tert-OH is 2. The van der Waals surface area contributed by atoms with Crippen LogP contribution in [0.1, 0.15) is 57.7 Å². The van der Waals surface area contributed by atoms with Crippen LogP contribution in [-0.4, -0.2) is 51.5 Å². The molecule has 4 rings (SSSR count). The lowest BCUT2D eigenvalue weighted by atomic mass is 9.81. The van der Waals surface area contributed by atoms with E-state index in [-0.39, 0.29) is 40.2 Å². The fourth-order valence-electron chi connectivity index (χ4n) is 3.96. The van der Waals surface area contributed by atoms with E-state index in [1.165, 1.54) is 24.3 Å². The minimum Gasteiger partial charge on any atom is -0.507 e. The molecule has 3 N–H and O–H groups in total. The van der Waals surface area contributed by atoms with Gasteiger partial charge in [-0.3, -0.25) is 9.59 Å². The quantitative estimate of drug-likeness (QED) is 0.618. The molecule has 7 nitrogen and oxygen atoms in total. The van der Waals surface area contributed by atoms with Crippen molar-refractivity contribution < 1.29 is 34.4 Å². The van der Waals surface area contributed by atoms with E-state index in [9.17, 15) is 24.9 Å². The largest absolute Gasteiger partial charge is 0.507 e. The van der Waals surface area contributed by atoms with Gasteiger partial charge in [0.2, 0.25) is 6.29 Å². The summed E-state index contributed by atoms with van der Waals surface area (Å²) in [4.78, 5) is 26.1. The van der Waals surface area contributed by atoms with Crippen molar-refractivity contribution in [1.29, 1.82) is 0 Å². The van der Waals surface area contributed by atoms with Gasteiger partial charge in [0.1, 0.15) is 17.6 Å². The van der Waals surface area contributed by atoms with Gasteiger partial charge in [-0.05, 0) is 37.1 Å². The molecule has 1 aliphatic heterocycles. The van der Waals surface area contributed by atoms with Gasteiger partial charge in [0.25, 0.3) is 0 Å². The van der Waals surface area contributed by atoms with Crippen molar-refractivity contribution in [3.05, 3.63) is 58.1 Å². The van der Waals surface area contributed by atoms with Crippen LogP contribution in [0, 0.1) is 0 Å². The number of phenols is 1. The Morgan fingerprint density at radius 3 is 2.55 bits per heavy atom. The summed E-state index contributed by atoms with van der Waals surface area (Å²) < 4.78 is 11.4. The number of fused-ring (bicyclic) bond motifs is 2. The second kappa shape index (κ2) is 7.26. The molecule has 0 bridgehead atoms. The molecule has 1 fully saturated rings. The van der Waals surface area contributed by atoms with E-state index >= 15 is 0 Å². The van der Waals surface area contributed by atoms with Gasteiger partial charge in [-0.1, -0.05) is 19.1 Å². The zero-order valence-corrected chi connectivity index (χ0v) is 16.1. The smallest absolute Gasteiger partial charge is 0.202 e. The minimum atomic E-state index is -0.993. The summed E-state index contributed by atoms with van der Waals surface area (Å²) in [5.74, 6) is -0.631. The molecule has 0 amide bonds. The van der Waals surface area contributed by atoms with E-state index in [1.54, 1.807) is 13.0 Å². The first-order valence-corrected chi connectivity index (χ1v) is 9.58. The number of ketones is 2. The number of carbonyl (C=O) groups excluding carboxylic acids is 2. The highest BCUT2D eigenvalue weighted by Crippen LogP contribution is 2.37. The molecule has 1 aliphatic carbocycles. The van der Waals surface area contributed by atoms with Gasteiger partial charge in [-0.25, -0.2) is 0 Å². The van der Waals surface area contributed by atoms with Crippen LogP contribution in [0.3, 0.4) is 0 Å². The molecule has 0 saturated carbocycles. The lowest BCUT2D eigenvalue weighted by Gasteiger charge is -2.35. The number of phenolic OH excluding ortho intramolecular Hbond substituents is 1. The van der Waals surface area contributed by atoms with Crippen molar-refractivity contribution in [3.8, 4) is 11.5 Å². The molecule has 2 aliphatic rings. The molecule has 0 aromatic heterocycles. The number of hydrogen-bond acceptors (Lipinski definition) is 7. The van der Waals surface area contributed by atoms with E-state index in [0.717, 1.165) is 0 Å². The van der Waals surface area contributed by atoms with Crippen molar-refractivity contribution in [2.75, 3.05) is 0 Å². The maximum absolute atomic E-state index is 13.0. The molecule has 1 saturated heterocycles. The molecule has 4 atom stereocenters. The van der Waals surface area contributed by atoms with Crippen molar-refractivity contribution in [2.24, 2.45) is 0 Å².